The van der Waals surface area contributed by atoms with Crippen molar-refractivity contribution in [3.8, 4) is 0 Å². The topological polar surface area (TPSA) is 13.0 Å². The van der Waals surface area contributed by atoms with Gasteiger partial charge in [0.2, 0.25) is 0 Å². The summed E-state index contributed by atoms with van der Waals surface area (Å²) in [6, 6.07) is 0. The van der Waals surface area contributed by atoms with E-state index in [9.17, 15) is 0 Å². The first kappa shape index (κ1) is 94.8. The Morgan fingerprint density at radius 3 is 0.700 bits per heavy atom. The molecule has 198 valence electrons. The van der Waals surface area contributed by atoms with Crippen molar-refractivity contribution in [3.63, 3.8) is 0 Å². The van der Waals surface area contributed by atoms with Crippen LogP contribution in [-0.4, -0.2) is 87.3 Å². The van der Waals surface area contributed by atoms with Crippen molar-refractivity contribution < 1.29 is 65.4 Å². The monoisotopic (exact) mass is 598 g/mol. The summed E-state index contributed by atoms with van der Waals surface area (Å²) in [5, 5.41) is 0. The normalized spacial score (nSPS) is 14.0. The first-order chi connectivity index (χ1) is 7.58. The van der Waals surface area contributed by atoms with Gasteiger partial charge in [-0.15, -0.1) is 0 Å². The SMILES string of the molecule is C.C.C.C.C.C.C.C.C.C.C.C.CN1CCCCN(C)CN(C)CCN(C)C1.[Y].[Y]. The molecule has 0 aliphatic carbocycles. The van der Waals surface area contributed by atoms with E-state index in [0.717, 1.165) is 26.4 Å². The molecular weight excluding hydrogens is 522 g/mol. The second kappa shape index (κ2) is 57.7. The number of hydrogen-bond acceptors (Lipinski definition) is 4. The maximum atomic E-state index is 2.42. The third-order valence-electron chi connectivity index (χ3n) is 3.16. The van der Waals surface area contributed by atoms with Crippen LogP contribution in [0.5, 0.6) is 0 Å². The summed E-state index contributed by atoms with van der Waals surface area (Å²) in [4.78, 5) is 9.64. The number of nitrogens with zero attached hydrogens (tertiary/aromatic N) is 4. The zero-order valence-electron chi connectivity index (χ0n) is 12.6. The van der Waals surface area contributed by atoms with E-state index in [1.54, 1.807) is 0 Å². The molecule has 1 aliphatic heterocycles. The van der Waals surface area contributed by atoms with Gasteiger partial charge in [-0.25, -0.2) is 0 Å². The van der Waals surface area contributed by atoms with Gasteiger partial charge in [0.15, 0.2) is 0 Å². The van der Waals surface area contributed by atoms with Crippen LogP contribution in [0.1, 0.15) is 102 Å². The molecule has 4 nitrogen and oxygen atoms in total. The predicted octanol–water partition coefficient (Wildman–Crippen LogP) is 8.05. The number of likely N-dealkylation sites (N-methyl/N-ethyl adjacent to an activating group) is 2. The van der Waals surface area contributed by atoms with Crippen molar-refractivity contribution in [1.82, 2.24) is 19.6 Å². The van der Waals surface area contributed by atoms with E-state index in [0.29, 0.717) is 0 Å². The Balaban J connectivity index is -0.0000000152. The summed E-state index contributed by atoms with van der Waals surface area (Å²) in [5.41, 5.74) is 0. The van der Waals surface area contributed by atoms with Crippen LogP contribution in [0.4, 0.5) is 0 Å². The van der Waals surface area contributed by atoms with Gasteiger partial charge in [-0.2, -0.15) is 0 Å². The van der Waals surface area contributed by atoms with Gasteiger partial charge in [0.05, 0.1) is 13.3 Å². The molecule has 0 aromatic carbocycles. The molecule has 0 aromatic rings. The van der Waals surface area contributed by atoms with E-state index in [1.807, 2.05) is 0 Å². The molecule has 1 aliphatic rings. The van der Waals surface area contributed by atoms with Gasteiger partial charge < -0.3 is 0 Å². The Hall–Kier alpha value is 2.05. The van der Waals surface area contributed by atoms with Crippen LogP contribution in [0, 0.1) is 0 Å². The Morgan fingerprint density at radius 2 is 0.500 bits per heavy atom. The summed E-state index contributed by atoms with van der Waals surface area (Å²) in [6.45, 7) is 6.90. The van der Waals surface area contributed by atoms with Gasteiger partial charge >= 0.3 is 0 Å². The van der Waals surface area contributed by atoms with Crippen LogP contribution in [-0.2, 0) is 65.4 Å². The van der Waals surface area contributed by atoms with E-state index in [-0.39, 0.29) is 155 Å². The van der Waals surface area contributed by atoms with Crippen LogP contribution < -0.4 is 0 Å². The van der Waals surface area contributed by atoms with E-state index in [4.69, 9.17) is 0 Å². The Labute approximate surface area is 252 Å². The standard InChI is InChI=1S/C12H28N4.12CH4.2Y/c1-13-7-5-6-8-14(2)12-16(4)10-9-15(3)11-13;;;;;;;;;;;;;;/h5-12H2,1-4H3;12*1H4;;. The quantitative estimate of drug-likeness (QED) is 0.280. The maximum Gasteiger partial charge on any atom is 0.0501 e. The molecule has 6 heteroatoms. The fraction of sp³-hybridized carbons (Fsp3) is 1.00. The Kier molecular flexibility index (Phi) is 182. The zero-order valence-corrected chi connectivity index (χ0v) is 18.3. The van der Waals surface area contributed by atoms with E-state index in [1.165, 1.54) is 25.9 Å². The van der Waals surface area contributed by atoms with Crippen molar-refractivity contribution in [1.29, 1.82) is 0 Å². The minimum Gasteiger partial charge on any atom is -0.294 e. The molecular formula is C24H76N4Y2. The van der Waals surface area contributed by atoms with E-state index >= 15 is 0 Å². The van der Waals surface area contributed by atoms with Crippen LogP contribution >= 0.6 is 0 Å². The van der Waals surface area contributed by atoms with Gasteiger partial charge in [-0.1, -0.05) is 89.1 Å². The van der Waals surface area contributed by atoms with Gasteiger partial charge in [0, 0.05) is 78.5 Å². The molecule has 1 fully saturated rings. The molecule has 0 spiro atoms. The summed E-state index contributed by atoms with van der Waals surface area (Å²) in [7, 11) is 8.85. The maximum absolute atomic E-state index is 2.42. The van der Waals surface area contributed by atoms with Crippen LogP contribution in [0.25, 0.3) is 0 Å². The largest absolute Gasteiger partial charge is 0.294 e. The van der Waals surface area contributed by atoms with Crippen molar-refractivity contribution in [2.24, 2.45) is 0 Å². The molecule has 0 amide bonds. The fourth-order valence-electron chi connectivity index (χ4n) is 2.21. The molecule has 0 bridgehead atoms. The Bertz CT molecular complexity index is 180. The van der Waals surface area contributed by atoms with Gasteiger partial charge in [-0.05, 0) is 54.1 Å². The molecule has 30 heavy (non-hydrogen) atoms. The number of rotatable bonds is 0. The fourth-order valence-corrected chi connectivity index (χ4v) is 2.21. The van der Waals surface area contributed by atoms with Crippen LogP contribution in [0.2, 0.25) is 0 Å². The van der Waals surface area contributed by atoms with Crippen LogP contribution in [0.15, 0.2) is 0 Å². The van der Waals surface area contributed by atoms with Gasteiger partial charge in [0.25, 0.3) is 0 Å². The molecule has 1 heterocycles. The minimum atomic E-state index is 0. The van der Waals surface area contributed by atoms with Crippen LogP contribution in [0.3, 0.4) is 0 Å². The first-order valence-electron chi connectivity index (χ1n) is 6.32. The minimum absolute atomic E-state index is 0. The molecule has 1 rings (SSSR count). The van der Waals surface area contributed by atoms with Gasteiger partial charge in [0.1, 0.15) is 0 Å². The summed E-state index contributed by atoms with van der Waals surface area (Å²) < 4.78 is 0. The second-order valence-corrected chi connectivity index (χ2v) is 5.31. The molecule has 0 unspecified atom stereocenters. The summed E-state index contributed by atoms with van der Waals surface area (Å²) in [6.07, 6.45) is 2.61. The summed E-state index contributed by atoms with van der Waals surface area (Å²) in [5.74, 6) is 0. The first-order valence-corrected chi connectivity index (χ1v) is 6.32. The third-order valence-corrected chi connectivity index (χ3v) is 3.16. The number of hydrogen-bond donors (Lipinski definition) is 0. The van der Waals surface area contributed by atoms with Gasteiger partial charge in [-0.3, -0.25) is 19.6 Å². The molecule has 0 saturated carbocycles. The average molecular weight is 599 g/mol. The molecule has 1 saturated heterocycles. The average Bonchev–Trinajstić information content (AvgIpc) is 2.20. The zero-order chi connectivity index (χ0) is 12.0. The smallest absolute Gasteiger partial charge is 0.0501 e. The molecule has 2 radical (unpaired) electrons. The molecule has 0 aromatic heterocycles. The van der Waals surface area contributed by atoms with E-state index in [2.05, 4.69) is 47.8 Å². The molecule has 0 N–H and O–H groups in total. The van der Waals surface area contributed by atoms with Crippen molar-refractivity contribution in [3.05, 3.63) is 0 Å². The Morgan fingerprint density at radius 1 is 0.333 bits per heavy atom. The van der Waals surface area contributed by atoms with E-state index < -0.39 is 0 Å². The van der Waals surface area contributed by atoms with Crippen molar-refractivity contribution in [2.45, 2.75) is 102 Å². The third kappa shape index (κ3) is 52.2. The second-order valence-electron chi connectivity index (χ2n) is 5.31. The summed E-state index contributed by atoms with van der Waals surface area (Å²) >= 11 is 0. The predicted molar refractivity (Wildman–Crippen MR) is 150 cm³/mol. The molecule has 0 atom stereocenters. The van der Waals surface area contributed by atoms with Crippen molar-refractivity contribution >= 4 is 0 Å². The van der Waals surface area contributed by atoms with Crippen molar-refractivity contribution in [2.75, 3.05) is 67.7 Å².